The summed E-state index contributed by atoms with van der Waals surface area (Å²) in [4.78, 5) is 47.1. The second-order valence-corrected chi connectivity index (χ2v) is 8.63. The SMILES string of the molecule is CCCOC(=O)CNC(=O)C(CSCc1ccc(Br)cc1)NC(=O)CCC(N)C(=O)O. The highest BCUT2D eigenvalue weighted by atomic mass is 79.9. The number of nitrogens with one attached hydrogen (secondary N) is 2. The monoisotopic (exact) mass is 517 g/mol. The van der Waals surface area contributed by atoms with Gasteiger partial charge in [0.15, 0.2) is 0 Å². The van der Waals surface area contributed by atoms with Gasteiger partial charge in [-0.1, -0.05) is 35.0 Å². The molecule has 2 atom stereocenters. The van der Waals surface area contributed by atoms with E-state index in [2.05, 4.69) is 26.6 Å². The molecule has 31 heavy (non-hydrogen) atoms. The van der Waals surface area contributed by atoms with Crippen molar-refractivity contribution in [3.05, 3.63) is 34.3 Å². The van der Waals surface area contributed by atoms with Crippen LogP contribution in [-0.4, -0.2) is 59.8 Å². The zero-order valence-corrected chi connectivity index (χ0v) is 19.7. The first-order valence-electron chi connectivity index (χ1n) is 9.76. The van der Waals surface area contributed by atoms with Crippen LogP contribution in [0.15, 0.2) is 28.7 Å². The van der Waals surface area contributed by atoms with Crippen LogP contribution >= 0.6 is 27.7 Å². The molecule has 9 nitrogen and oxygen atoms in total. The summed E-state index contributed by atoms with van der Waals surface area (Å²) in [5.41, 5.74) is 6.46. The molecule has 0 fully saturated rings. The van der Waals surface area contributed by atoms with Gasteiger partial charge in [0.1, 0.15) is 18.6 Å². The molecule has 0 heterocycles. The fourth-order valence-electron chi connectivity index (χ4n) is 2.28. The molecule has 0 bridgehead atoms. The van der Waals surface area contributed by atoms with Gasteiger partial charge in [-0.05, 0) is 30.5 Å². The van der Waals surface area contributed by atoms with Crippen LogP contribution in [0.2, 0.25) is 0 Å². The van der Waals surface area contributed by atoms with Gasteiger partial charge < -0.3 is 26.2 Å². The Morgan fingerprint density at radius 3 is 2.52 bits per heavy atom. The zero-order valence-electron chi connectivity index (χ0n) is 17.3. The Morgan fingerprint density at radius 1 is 1.23 bits per heavy atom. The van der Waals surface area contributed by atoms with Crippen LogP contribution in [0.1, 0.15) is 31.7 Å². The number of thioether (sulfide) groups is 1. The number of rotatable bonds is 14. The molecule has 11 heteroatoms. The molecule has 0 spiro atoms. The number of nitrogens with two attached hydrogens (primary N) is 1. The van der Waals surface area contributed by atoms with Gasteiger partial charge in [-0.2, -0.15) is 11.8 Å². The third kappa shape index (κ3) is 11.7. The van der Waals surface area contributed by atoms with E-state index >= 15 is 0 Å². The lowest BCUT2D eigenvalue weighted by Gasteiger charge is -2.18. The Labute approximate surface area is 194 Å². The highest BCUT2D eigenvalue weighted by Crippen LogP contribution is 2.16. The van der Waals surface area contributed by atoms with Gasteiger partial charge in [0.2, 0.25) is 11.8 Å². The maximum Gasteiger partial charge on any atom is 0.325 e. The molecule has 1 aromatic carbocycles. The van der Waals surface area contributed by atoms with E-state index in [0.29, 0.717) is 12.2 Å². The van der Waals surface area contributed by atoms with Crippen LogP contribution in [0, 0.1) is 0 Å². The van der Waals surface area contributed by atoms with Gasteiger partial charge in [-0.25, -0.2) is 0 Å². The van der Waals surface area contributed by atoms with Crippen LogP contribution in [0.25, 0.3) is 0 Å². The van der Waals surface area contributed by atoms with Crippen molar-refractivity contribution in [2.75, 3.05) is 18.9 Å². The van der Waals surface area contributed by atoms with Crippen LogP contribution in [0.4, 0.5) is 0 Å². The van der Waals surface area contributed by atoms with Crippen molar-refractivity contribution in [3.8, 4) is 0 Å². The molecule has 172 valence electrons. The molecule has 2 unspecified atom stereocenters. The van der Waals surface area contributed by atoms with Gasteiger partial charge in [0, 0.05) is 22.4 Å². The lowest BCUT2D eigenvalue weighted by atomic mass is 10.1. The minimum atomic E-state index is -1.20. The Morgan fingerprint density at radius 2 is 1.90 bits per heavy atom. The fourth-order valence-corrected chi connectivity index (χ4v) is 3.56. The number of aliphatic carboxylic acids is 1. The number of benzene rings is 1. The Kier molecular flexibility index (Phi) is 12.9. The number of ether oxygens (including phenoxy) is 1. The third-order valence-corrected chi connectivity index (χ3v) is 5.63. The molecule has 0 aliphatic rings. The van der Waals surface area contributed by atoms with E-state index in [9.17, 15) is 19.2 Å². The predicted octanol–water partition coefficient (Wildman–Crippen LogP) is 1.43. The second-order valence-electron chi connectivity index (χ2n) is 6.68. The van der Waals surface area contributed by atoms with Crippen molar-refractivity contribution in [2.45, 2.75) is 44.0 Å². The number of esters is 1. The Hall–Kier alpha value is -2.11. The summed E-state index contributed by atoms with van der Waals surface area (Å²) in [5, 5.41) is 13.9. The van der Waals surface area contributed by atoms with E-state index in [-0.39, 0.29) is 31.7 Å². The molecule has 1 rings (SSSR count). The highest BCUT2D eigenvalue weighted by molar-refractivity contribution is 9.10. The van der Waals surface area contributed by atoms with Gasteiger partial charge in [-0.15, -0.1) is 0 Å². The number of carbonyl (C=O) groups is 4. The van der Waals surface area contributed by atoms with Crippen LogP contribution < -0.4 is 16.4 Å². The zero-order chi connectivity index (χ0) is 23.2. The molecule has 0 aliphatic heterocycles. The quantitative estimate of drug-likeness (QED) is 0.271. The molecule has 0 aromatic heterocycles. The fraction of sp³-hybridized carbons (Fsp3) is 0.500. The molecule has 0 aliphatic carbocycles. The summed E-state index contributed by atoms with van der Waals surface area (Å²) in [6, 6.07) is 5.67. The molecule has 2 amide bonds. The lowest BCUT2D eigenvalue weighted by molar-refractivity contribution is -0.144. The number of carboxylic acid groups (broad SMARTS) is 1. The molecule has 0 saturated carbocycles. The molecular weight excluding hydrogens is 490 g/mol. The van der Waals surface area contributed by atoms with Crippen molar-refractivity contribution in [1.29, 1.82) is 0 Å². The van der Waals surface area contributed by atoms with E-state index in [4.69, 9.17) is 15.6 Å². The second kappa shape index (κ2) is 14.8. The largest absolute Gasteiger partial charge is 0.480 e. The minimum absolute atomic E-state index is 0.0507. The molecule has 0 radical (unpaired) electrons. The van der Waals surface area contributed by atoms with Crippen LogP contribution in [0.5, 0.6) is 0 Å². The van der Waals surface area contributed by atoms with E-state index < -0.39 is 35.8 Å². The standard InChI is InChI=1S/C20H28BrN3O6S/c1-2-9-30-18(26)10-23-19(27)16(24-17(25)8-7-15(22)20(28)29)12-31-11-13-3-5-14(21)6-4-13/h3-6,15-16H,2,7-12,22H2,1H3,(H,23,27)(H,24,25)(H,28,29). The number of hydrogen-bond donors (Lipinski definition) is 4. The van der Waals surface area contributed by atoms with Crippen LogP contribution in [-0.2, 0) is 29.7 Å². The van der Waals surface area contributed by atoms with Crippen molar-refractivity contribution in [2.24, 2.45) is 5.73 Å². The smallest absolute Gasteiger partial charge is 0.325 e. The molecule has 0 saturated heterocycles. The van der Waals surface area contributed by atoms with Crippen molar-refractivity contribution in [1.82, 2.24) is 10.6 Å². The average Bonchev–Trinajstić information content (AvgIpc) is 2.74. The molecule has 1 aromatic rings. The van der Waals surface area contributed by atoms with Crippen molar-refractivity contribution < 1.29 is 29.0 Å². The van der Waals surface area contributed by atoms with Gasteiger partial charge in [0.05, 0.1) is 6.61 Å². The summed E-state index contributed by atoms with van der Waals surface area (Å²) in [6.07, 6.45) is 0.488. The first-order chi connectivity index (χ1) is 14.7. The summed E-state index contributed by atoms with van der Waals surface area (Å²) < 4.78 is 5.88. The van der Waals surface area contributed by atoms with Gasteiger partial charge >= 0.3 is 11.9 Å². The minimum Gasteiger partial charge on any atom is -0.480 e. The number of halogens is 1. The van der Waals surface area contributed by atoms with E-state index in [0.717, 1.165) is 10.0 Å². The highest BCUT2D eigenvalue weighted by Gasteiger charge is 2.22. The van der Waals surface area contributed by atoms with E-state index in [1.165, 1.54) is 11.8 Å². The number of carboxylic acids is 1. The van der Waals surface area contributed by atoms with Crippen molar-refractivity contribution >= 4 is 51.4 Å². The first-order valence-corrected chi connectivity index (χ1v) is 11.7. The van der Waals surface area contributed by atoms with E-state index in [1.807, 2.05) is 31.2 Å². The Balaban J connectivity index is 2.62. The Bertz CT molecular complexity index is 747. The summed E-state index contributed by atoms with van der Waals surface area (Å²) in [6.45, 7) is 1.82. The maximum absolute atomic E-state index is 12.5. The summed E-state index contributed by atoms with van der Waals surface area (Å²) in [7, 11) is 0. The topological polar surface area (TPSA) is 148 Å². The predicted molar refractivity (Wildman–Crippen MR) is 121 cm³/mol. The number of hydrogen-bond acceptors (Lipinski definition) is 7. The maximum atomic E-state index is 12.5. The number of amides is 2. The van der Waals surface area contributed by atoms with E-state index in [1.54, 1.807) is 0 Å². The normalized spacial score (nSPS) is 12.5. The lowest BCUT2D eigenvalue weighted by Crippen LogP contribution is -2.49. The summed E-state index contributed by atoms with van der Waals surface area (Å²) >= 11 is 4.81. The van der Waals surface area contributed by atoms with Gasteiger partial charge in [-0.3, -0.25) is 19.2 Å². The molecular formula is C20H28BrN3O6S. The third-order valence-electron chi connectivity index (χ3n) is 3.99. The average molecular weight is 518 g/mol. The van der Waals surface area contributed by atoms with Gasteiger partial charge in [0.25, 0.3) is 0 Å². The van der Waals surface area contributed by atoms with Crippen molar-refractivity contribution in [3.63, 3.8) is 0 Å². The van der Waals surface area contributed by atoms with Crippen LogP contribution in [0.3, 0.4) is 0 Å². The molecule has 5 N–H and O–H groups in total. The first kappa shape index (κ1) is 26.9. The summed E-state index contributed by atoms with van der Waals surface area (Å²) in [5.74, 6) is -1.88. The number of carbonyl (C=O) groups excluding carboxylic acids is 3.